The molecule has 0 amide bonds. The van der Waals surface area contributed by atoms with Crippen LogP contribution in [0.3, 0.4) is 0 Å². The van der Waals surface area contributed by atoms with Crippen molar-refractivity contribution in [1.82, 2.24) is 15.5 Å². The molecule has 3 N–H and O–H groups in total. The molecule has 1 saturated carbocycles. The Labute approximate surface area is 135 Å². The third-order valence-corrected chi connectivity index (χ3v) is 5.01. The molecule has 128 valence electrons. The minimum atomic E-state index is -0.566. The lowest BCUT2D eigenvalue weighted by Gasteiger charge is -2.35. The molecular formula is C17H34N4O. The SMILES string of the molecule is CCNC(=NCC1(O)CCCC1)NC1CCN(C(C)C)CC1. The molecule has 2 fully saturated rings. The number of piperidine rings is 1. The molecule has 0 unspecified atom stereocenters. The predicted octanol–water partition coefficient (Wildman–Crippen LogP) is 1.72. The van der Waals surface area contributed by atoms with Gasteiger partial charge in [-0.15, -0.1) is 0 Å². The number of likely N-dealkylation sites (tertiary alicyclic amines) is 1. The van der Waals surface area contributed by atoms with E-state index in [9.17, 15) is 5.11 Å². The monoisotopic (exact) mass is 310 g/mol. The van der Waals surface area contributed by atoms with Crippen LogP contribution in [0.1, 0.15) is 59.3 Å². The van der Waals surface area contributed by atoms with Crippen LogP contribution in [0.4, 0.5) is 0 Å². The van der Waals surface area contributed by atoms with E-state index in [1.165, 1.54) is 0 Å². The number of aliphatic imine (C=N–C) groups is 1. The van der Waals surface area contributed by atoms with Crippen LogP contribution in [0.25, 0.3) is 0 Å². The molecule has 1 saturated heterocycles. The van der Waals surface area contributed by atoms with E-state index < -0.39 is 5.60 Å². The minimum Gasteiger partial charge on any atom is -0.388 e. The first-order valence-corrected chi connectivity index (χ1v) is 9.04. The summed E-state index contributed by atoms with van der Waals surface area (Å²) in [6.07, 6.45) is 6.36. The van der Waals surface area contributed by atoms with Gasteiger partial charge in [0.2, 0.25) is 0 Å². The fourth-order valence-corrected chi connectivity index (χ4v) is 3.49. The fourth-order valence-electron chi connectivity index (χ4n) is 3.49. The summed E-state index contributed by atoms with van der Waals surface area (Å²) >= 11 is 0. The molecule has 5 nitrogen and oxygen atoms in total. The van der Waals surface area contributed by atoms with E-state index in [0.29, 0.717) is 18.6 Å². The maximum atomic E-state index is 10.4. The maximum Gasteiger partial charge on any atom is 0.191 e. The smallest absolute Gasteiger partial charge is 0.191 e. The lowest BCUT2D eigenvalue weighted by atomic mass is 10.0. The average molecular weight is 310 g/mol. The van der Waals surface area contributed by atoms with Crippen molar-refractivity contribution in [3.05, 3.63) is 0 Å². The van der Waals surface area contributed by atoms with Gasteiger partial charge >= 0.3 is 0 Å². The lowest BCUT2D eigenvalue weighted by molar-refractivity contribution is 0.0573. The Morgan fingerprint density at radius 2 is 1.91 bits per heavy atom. The zero-order valence-electron chi connectivity index (χ0n) is 14.6. The van der Waals surface area contributed by atoms with Gasteiger partial charge in [0.1, 0.15) is 0 Å². The molecule has 0 atom stereocenters. The minimum absolute atomic E-state index is 0.492. The number of guanidine groups is 1. The molecule has 0 aromatic carbocycles. The zero-order chi connectivity index (χ0) is 16.0. The summed E-state index contributed by atoms with van der Waals surface area (Å²) in [5, 5.41) is 17.3. The summed E-state index contributed by atoms with van der Waals surface area (Å²) in [6.45, 7) is 10.3. The average Bonchev–Trinajstić information content (AvgIpc) is 2.93. The topological polar surface area (TPSA) is 59.9 Å². The van der Waals surface area contributed by atoms with Gasteiger partial charge in [0.15, 0.2) is 5.96 Å². The number of hydrogen-bond donors (Lipinski definition) is 3. The fraction of sp³-hybridized carbons (Fsp3) is 0.941. The summed E-state index contributed by atoms with van der Waals surface area (Å²) in [5.74, 6) is 0.867. The standard InChI is InChI=1S/C17H34N4O/c1-4-18-16(19-13-17(22)9-5-6-10-17)20-15-7-11-21(12-8-15)14(2)3/h14-15,22H,4-13H2,1-3H3,(H2,18,19,20). The zero-order valence-corrected chi connectivity index (χ0v) is 14.6. The summed E-state index contributed by atoms with van der Waals surface area (Å²) in [4.78, 5) is 7.18. The number of hydrogen-bond acceptors (Lipinski definition) is 3. The second kappa shape index (κ2) is 8.16. The van der Waals surface area contributed by atoms with Gasteiger partial charge < -0.3 is 20.6 Å². The number of nitrogens with zero attached hydrogens (tertiary/aromatic N) is 2. The number of nitrogens with one attached hydrogen (secondary N) is 2. The van der Waals surface area contributed by atoms with Gasteiger partial charge in [0, 0.05) is 31.7 Å². The van der Waals surface area contributed by atoms with E-state index in [4.69, 9.17) is 0 Å². The molecule has 2 rings (SSSR count). The Kier molecular flexibility index (Phi) is 6.50. The first-order chi connectivity index (χ1) is 10.5. The Morgan fingerprint density at radius 1 is 1.27 bits per heavy atom. The van der Waals surface area contributed by atoms with Crippen molar-refractivity contribution in [1.29, 1.82) is 0 Å². The normalized spacial score (nSPS) is 24.0. The molecule has 0 radical (unpaired) electrons. The van der Waals surface area contributed by atoms with Gasteiger partial charge in [0.05, 0.1) is 12.1 Å². The van der Waals surface area contributed by atoms with Gasteiger partial charge in [-0.3, -0.25) is 4.99 Å². The highest BCUT2D eigenvalue weighted by Gasteiger charge is 2.31. The van der Waals surface area contributed by atoms with E-state index in [-0.39, 0.29) is 0 Å². The molecular weight excluding hydrogens is 276 g/mol. The van der Waals surface area contributed by atoms with Crippen LogP contribution in [0, 0.1) is 0 Å². The molecule has 1 aliphatic heterocycles. The van der Waals surface area contributed by atoms with Crippen LogP contribution in [-0.2, 0) is 0 Å². The van der Waals surface area contributed by atoms with Crippen LogP contribution in [0.5, 0.6) is 0 Å². The first kappa shape index (κ1) is 17.5. The van der Waals surface area contributed by atoms with E-state index in [1.54, 1.807) is 0 Å². The highest BCUT2D eigenvalue weighted by Crippen LogP contribution is 2.29. The second-order valence-electron chi connectivity index (χ2n) is 7.17. The number of aliphatic hydroxyl groups is 1. The Morgan fingerprint density at radius 3 is 2.45 bits per heavy atom. The van der Waals surface area contributed by atoms with Crippen LogP contribution >= 0.6 is 0 Å². The summed E-state index contributed by atoms with van der Waals surface area (Å²) in [5.41, 5.74) is -0.566. The molecule has 0 bridgehead atoms. The molecule has 0 aromatic rings. The summed E-state index contributed by atoms with van der Waals surface area (Å²) in [7, 11) is 0. The van der Waals surface area contributed by atoms with Gasteiger partial charge in [-0.05, 0) is 46.5 Å². The second-order valence-corrected chi connectivity index (χ2v) is 7.17. The van der Waals surface area contributed by atoms with Crippen LogP contribution in [-0.4, -0.2) is 59.8 Å². The van der Waals surface area contributed by atoms with Crippen molar-refractivity contribution < 1.29 is 5.11 Å². The summed E-state index contributed by atoms with van der Waals surface area (Å²) in [6, 6.07) is 1.13. The quantitative estimate of drug-likeness (QED) is 0.534. The van der Waals surface area contributed by atoms with Crippen molar-refractivity contribution in [3.8, 4) is 0 Å². The van der Waals surface area contributed by atoms with E-state index in [2.05, 4.69) is 41.3 Å². The van der Waals surface area contributed by atoms with Crippen LogP contribution < -0.4 is 10.6 Å². The third-order valence-electron chi connectivity index (χ3n) is 5.01. The van der Waals surface area contributed by atoms with Crippen molar-refractivity contribution in [3.63, 3.8) is 0 Å². The molecule has 0 spiro atoms. The lowest BCUT2D eigenvalue weighted by Crippen LogP contribution is -2.50. The Bertz CT molecular complexity index is 356. The molecule has 5 heteroatoms. The Hall–Kier alpha value is -0.810. The number of rotatable bonds is 5. The van der Waals surface area contributed by atoms with E-state index in [1.807, 2.05) is 0 Å². The van der Waals surface area contributed by atoms with Crippen molar-refractivity contribution in [2.45, 2.75) is 77.0 Å². The van der Waals surface area contributed by atoms with Crippen molar-refractivity contribution >= 4 is 5.96 Å². The van der Waals surface area contributed by atoms with E-state index >= 15 is 0 Å². The van der Waals surface area contributed by atoms with Crippen LogP contribution in [0.15, 0.2) is 4.99 Å². The van der Waals surface area contributed by atoms with Gasteiger partial charge in [-0.25, -0.2) is 0 Å². The molecule has 2 aliphatic rings. The predicted molar refractivity (Wildman–Crippen MR) is 92.3 cm³/mol. The highest BCUT2D eigenvalue weighted by atomic mass is 16.3. The van der Waals surface area contributed by atoms with Gasteiger partial charge in [-0.2, -0.15) is 0 Å². The summed E-state index contributed by atoms with van der Waals surface area (Å²) < 4.78 is 0. The van der Waals surface area contributed by atoms with Crippen LogP contribution in [0.2, 0.25) is 0 Å². The van der Waals surface area contributed by atoms with Gasteiger partial charge in [-0.1, -0.05) is 12.8 Å². The molecule has 0 aromatic heterocycles. The van der Waals surface area contributed by atoms with Crippen molar-refractivity contribution in [2.24, 2.45) is 4.99 Å². The maximum absolute atomic E-state index is 10.4. The first-order valence-electron chi connectivity index (χ1n) is 9.04. The molecule has 1 heterocycles. The largest absolute Gasteiger partial charge is 0.388 e. The third kappa shape index (κ3) is 5.13. The van der Waals surface area contributed by atoms with E-state index in [0.717, 1.165) is 64.1 Å². The Balaban J connectivity index is 1.83. The van der Waals surface area contributed by atoms with Crippen molar-refractivity contribution in [2.75, 3.05) is 26.2 Å². The highest BCUT2D eigenvalue weighted by molar-refractivity contribution is 5.80. The van der Waals surface area contributed by atoms with Gasteiger partial charge in [0.25, 0.3) is 0 Å². The molecule has 1 aliphatic carbocycles. The molecule has 22 heavy (non-hydrogen) atoms.